The van der Waals surface area contributed by atoms with Gasteiger partial charge in [-0.15, -0.1) is 0 Å². The maximum absolute atomic E-state index is 3.46. The summed E-state index contributed by atoms with van der Waals surface area (Å²) in [4.78, 5) is 2.37. The summed E-state index contributed by atoms with van der Waals surface area (Å²) >= 11 is 0. The smallest absolute Gasteiger partial charge is 0.0449 e. The molecule has 0 aliphatic heterocycles. The van der Waals surface area contributed by atoms with E-state index < -0.39 is 0 Å². The van der Waals surface area contributed by atoms with Crippen molar-refractivity contribution in [2.45, 2.75) is 26.4 Å². The highest BCUT2D eigenvalue weighted by atomic mass is 15.1. The fourth-order valence-corrected chi connectivity index (χ4v) is 2.75. The van der Waals surface area contributed by atoms with Crippen LogP contribution in [-0.4, -0.2) is 25.5 Å². The summed E-state index contributed by atoms with van der Waals surface area (Å²) in [5, 5.41) is 3.46. The van der Waals surface area contributed by atoms with Gasteiger partial charge in [0.05, 0.1) is 0 Å². The van der Waals surface area contributed by atoms with Gasteiger partial charge in [-0.05, 0) is 44.6 Å². The molecule has 0 aromatic heterocycles. The van der Waals surface area contributed by atoms with Gasteiger partial charge < -0.3 is 10.2 Å². The Hall–Kier alpha value is -1.64. The maximum Gasteiger partial charge on any atom is 0.0449 e. The highest BCUT2D eigenvalue weighted by molar-refractivity contribution is 5.33. The van der Waals surface area contributed by atoms with Crippen LogP contribution in [0.1, 0.15) is 28.3 Å². The molecule has 0 fully saturated rings. The molecular formula is C19H26N2. The minimum Gasteiger partial charge on any atom is -0.312 e. The molecule has 0 spiro atoms. The molecule has 0 radical (unpaired) electrons. The van der Waals surface area contributed by atoms with Crippen LogP contribution in [0.2, 0.25) is 0 Å². The van der Waals surface area contributed by atoms with Gasteiger partial charge in [0, 0.05) is 19.1 Å². The van der Waals surface area contributed by atoms with E-state index >= 15 is 0 Å². The Bertz CT molecular complexity index is 563. The largest absolute Gasteiger partial charge is 0.312 e. The molecule has 2 nitrogen and oxygen atoms in total. The second-order valence-electron chi connectivity index (χ2n) is 5.88. The average Bonchev–Trinajstić information content (AvgIpc) is 2.48. The minimum absolute atomic E-state index is 0.360. The van der Waals surface area contributed by atoms with Gasteiger partial charge in [-0.25, -0.2) is 0 Å². The van der Waals surface area contributed by atoms with Crippen molar-refractivity contribution < 1.29 is 0 Å². The van der Waals surface area contributed by atoms with E-state index in [2.05, 4.69) is 79.6 Å². The Labute approximate surface area is 128 Å². The van der Waals surface area contributed by atoms with Crippen LogP contribution in [0.4, 0.5) is 0 Å². The number of likely N-dealkylation sites (N-methyl/N-ethyl adjacent to an activating group) is 2. The molecule has 112 valence electrons. The van der Waals surface area contributed by atoms with E-state index in [1.165, 1.54) is 22.3 Å². The third-order valence-corrected chi connectivity index (χ3v) is 3.95. The normalized spacial score (nSPS) is 12.6. The Morgan fingerprint density at radius 3 is 2.43 bits per heavy atom. The monoisotopic (exact) mass is 282 g/mol. The molecule has 2 aromatic rings. The average molecular weight is 282 g/mol. The van der Waals surface area contributed by atoms with E-state index in [1.807, 2.05) is 7.05 Å². The summed E-state index contributed by atoms with van der Waals surface area (Å²) in [6.45, 7) is 6.32. The highest BCUT2D eigenvalue weighted by Crippen LogP contribution is 2.20. The van der Waals surface area contributed by atoms with Gasteiger partial charge in [-0.3, -0.25) is 0 Å². The first-order chi connectivity index (χ1) is 10.1. The number of hydrogen-bond donors (Lipinski definition) is 1. The van der Waals surface area contributed by atoms with Crippen LogP contribution in [-0.2, 0) is 6.54 Å². The van der Waals surface area contributed by atoms with Crippen LogP contribution in [0, 0.1) is 13.8 Å². The van der Waals surface area contributed by atoms with E-state index in [-0.39, 0.29) is 0 Å². The van der Waals surface area contributed by atoms with Crippen LogP contribution in [0.3, 0.4) is 0 Å². The van der Waals surface area contributed by atoms with Crippen LogP contribution in [0.5, 0.6) is 0 Å². The van der Waals surface area contributed by atoms with Crippen LogP contribution in [0.25, 0.3) is 0 Å². The van der Waals surface area contributed by atoms with Crippen molar-refractivity contribution in [3.8, 4) is 0 Å². The van der Waals surface area contributed by atoms with Crippen molar-refractivity contribution in [3.05, 3.63) is 70.8 Å². The molecule has 0 saturated heterocycles. The predicted octanol–water partition coefficient (Wildman–Crippen LogP) is 3.70. The van der Waals surface area contributed by atoms with Crippen molar-refractivity contribution in [2.75, 3.05) is 20.6 Å². The maximum atomic E-state index is 3.46. The van der Waals surface area contributed by atoms with E-state index in [9.17, 15) is 0 Å². The first-order valence-electron chi connectivity index (χ1n) is 7.57. The van der Waals surface area contributed by atoms with Gasteiger partial charge in [-0.2, -0.15) is 0 Å². The fraction of sp³-hybridized carbons (Fsp3) is 0.368. The van der Waals surface area contributed by atoms with Crippen molar-refractivity contribution in [1.82, 2.24) is 10.2 Å². The van der Waals surface area contributed by atoms with Gasteiger partial charge >= 0.3 is 0 Å². The zero-order valence-electron chi connectivity index (χ0n) is 13.6. The summed E-state index contributed by atoms with van der Waals surface area (Å²) in [6.07, 6.45) is 0. The molecule has 0 heterocycles. The lowest BCUT2D eigenvalue weighted by molar-refractivity contribution is 0.289. The molecule has 0 bridgehead atoms. The standard InChI is InChI=1S/C19H26N2/c1-15-10-11-16(2)18(12-15)19(20-3)14-21(4)13-17-8-6-5-7-9-17/h5-12,19-20H,13-14H2,1-4H3. The van der Waals surface area contributed by atoms with E-state index in [0.717, 1.165) is 13.1 Å². The summed E-state index contributed by atoms with van der Waals surface area (Å²) in [5.74, 6) is 0. The zero-order valence-corrected chi connectivity index (χ0v) is 13.6. The molecule has 0 amide bonds. The Morgan fingerprint density at radius 2 is 1.76 bits per heavy atom. The van der Waals surface area contributed by atoms with E-state index in [0.29, 0.717) is 6.04 Å². The first kappa shape index (κ1) is 15.7. The lowest BCUT2D eigenvalue weighted by Gasteiger charge is -2.25. The summed E-state index contributed by atoms with van der Waals surface area (Å²) in [6, 6.07) is 17.7. The van der Waals surface area contributed by atoms with E-state index in [1.54, 1.807) is 0 Å². The molecule has 1 unspecified atom stereocenters. The number of nitrogens with zero attached hydrogens (tertiary/aromatic N) is 1. The number of aryl methyl sites for hydroxylation is 2. The summed E-state index contributed by atoms with van der Waals surface area (Å²) in [5.41, 5.74) is 5.43. The Kier molecular flexibility index (Phi) is 5.54. The number of benzene rings is 2. The molecule has 0 saturated carbocycles. The van der Waals surface area contributed by atoms with Crippen molar-refractivity contribution >= 4 is 0 Å². The Balaban J connectivity index is 2.06. The molecule has 2 aromatic carbocycles. The second kappa shape index (κ2) is 7.39. The van der Waals surface area contributed by atoms with Crippen molar-refractivity contribution in [2.24, 2.45) is 0 Å². The lowest BCUT2D eigenvalue weighted by Crippen LogP contribution is -2.31. The predicted molar refractivity (Wildman–Crippen MR) is 90.5 cm³/mol. The molecule has 1 atom stereocenters. The zero-order chi connectivity index (χ0) is 15.2. The van der Waals surface area contributed by atoms with Crippen LogP contribution in [0.15, 0.2) is 48.5 Å². The van der Waals surface area contributed by atoms with Gasteiger partial charge in [-0.1, -0.05) is 54.1 Å². The molecule has 2 rings (SSSR count). The van der Waals surface area contributed by atoms with Gasteiger partial charge in [0.15, 0.2) is 0 Å². The summed E-state index contributed by atoms with van der Waals surface area (Å²) < 4.78 is 0. The number of rotatable bonds is 6. The van der Waals surface area contributed by atoms with Crippen LogP contribution >= 0.6 is 0 Å². The van der Waals surface area contributed by atoms with Crippen LogP contribution < -0.4 is 5.32 Å². The third kappa shape index (κ3) is 4.42. The molecular weight excluding hydrogens is 256 g/mol. The van der Waals surface area contributed by atoms with Gasteiger partial charge in [0.2, 0.25) is 0 Å². The molecule has 21 heavy (non-hydrogen) atoms. The number of hydrogen-bond acceptors (Lipinski definition) is 2. The molecule has 0 aliphatic rings. The quantitative estimate of drug-likeness (QED) is 0.869. The SMILES string of the molecule is CNC(CN(C)Cc1ccccc1)c1cc(C)ccc1C. The lowest BCUT2D eigenvalue weighted by atomic mass is 9.98. The third-order valence-electron chi connectivity index (χ3n) is 3.95. The first-order valence-corrected chi connectivity index (χ1v) is 7.57. The van der Waals surface area contributed by atoms with Crippen molar-refractivity contribution in [1.29, 1.82) is 0 Å². The molecule has 2 heteroatoms. The molecule has 0 aliphatic carbocycles. The Morgan fingerprint density at radius 1 is 1.05 bits per heavy atom. The molecule has 1 N–H and O–H groups in total. The second-order valence-corrected chi connectivity index (χ2v) is 5.88. The summed E-state index contributed by atoms with van der Waals surface area (Å²) in [7, 11) is 4.23. The van der Waals surface area contributed by atoms with Gasteiger partial charge in [0.25, 0.3) is 0 Å². The van der Waals surface area contributed by atoms with Crippen molar-refractivity contribution in [3.63, 3.8) is 0 Å². The fourth-order valence-electron chi connectivity index (χ4n) is 2.75. The number of nitrogens with one attached hydrogen (secondary N) is 1. The van der Waals surface area contributed by atoms with Gasteiger partial charge in [0.1, 0.15) is 0 Å². The minimum atomic E-state index is 0.360. The highest BCUT2D eigenvalue weighted by Gasteiger charge is 2.14. The van der Waals surface area contributed by atoms with E-state index in [4.69, 9.17) is 0 Å². The topological polar surface area (TPSA) is 15.3 Å².